The molecule has 0 saturated carbocycles. The van der Waals surface area contributed by atoms with Crippen LogP contribution >= 0.6 is 0 Å². The van der Waals surface area contributed by atoms with Gasteiger partial charge in [-0.15, -0.1) is 0 Å². The van der Waals surface area contributed by atoms with Crippen molar-refractivity contribution in [1.29, 1.82) is 0 Å². The van der Waals surface area contributed by atoms with Crippen LogP contribution in [0.15, 0.2) is 24.3 Å². The number of esters is 1. The number of phenolic OH excluding ortho intramolecular Hbond substituents is 1. The number of rotatable bonds is 15. The molecule has 0 aliphatic heterocycles. The summed E-state index contributed by atoms with van der Waals surface area (Å²) in [5.74, 6) is 0.575. The summed E-state index contributed by atoms with van der Waals surface area (Å²) in [7, 11) is 1.51. The van der Waals surface area contributed by atoms with Crippen LogP contribution in [-0.4, -0.2) is 18.2 Å². The molecule has 0 atom stereocenters. The van der Waals surface area contributed by atoms with Crippen LogP contribution in [-0.2, 0) is 11.2 Å². The summed E-state index contributed by atoms with van der Waals surface area (Å²) in [6, 6.07) is 3.13. The predicted molar refractivity (Wildman–Crippen MR) is 115 cm³/mol. The minimum atomic E-state index is -0.384. The van der Waals surface area contributed by atoms with Gasteiger partial charge in [-0.1, -0.05) is 64.0 Å². The van der Waals surface area contributed by atoms with E-state index in [1.165, 1.54) is 77.9 Å². The SMILES string of the molecule is CCCC/C=C\CCCCCCCCCc1cc(O)cc(OC)c1OC(C)=O. The van der Waals surface area contributed by atoms with Gasteiger partial charge in [0.1, 0.15) is 5.75 Å². The molecule has 0 fully saturated rings. The van der Waals surface area contributed by atoms with Crippen LogP contribution in [0.1, 0.15) is 90.0 Å². The molecule has 28 heavy (non-hydrogen) atoms. The topological polar surface area (TPSA) is 55.8 Å². The molecular formula is C24H38O4. The molecule has 0 radical (unpaired) electrons. The lowest BCUT2D eigenvalue weighted by molar-refractivity contribution is -0.132. The molecule has 0 bridgehead atoms. The molecule has 0 saturated heterocycles. The van der Waals surface area contributed by atoms with Crippen molar-refractivity contribution in [3.63, 3.8) is 0 Å². The zero-order valence-electron chi connectivity index (χ0n) is 18.0. The van der Waals surface area contributed by atoms with Gasteiger partial charge in [0.05, 0.1) is 7.11 Å². The maximum atomic E-state index is 11.4. The number of phenols is 1. The Bertz CT molecular complexity index is 593. The fourth-order valence-electron chi connectivity index (χ4n) is 3.26. The molecule has 1 N–H and O–H groups in total. The summed E-state index contributed by atoms with van der Waals surface area (Å²) < 4.78 is 10.6. The van der Waals surface area contributed by atoms with Gasteiger partial charge in [-0.2, -0.15) is 0 Å². The maximum Gasteiger partial charge on any atom is 0.308 e. The Kier molecular flexibility index (Phi) is 12.9. The molecule has 0 heterocycles. The summed E-state index contributed by atoms with van der Waals surface area (Å²) in [5, 5.41) is 9.86. The molecule has 4 nitrogen and oxygen atoms in total. The van der Waals surface area contributed by atoms with E-state index < -0.39 is 0 Å². The second kappa shape index (κ2) is 15.0. The van der Waals surface area contributed by atoms with Crippen molar-refractivity contribution in [3.8, 4) is 17.2 Å². The highest BCUT2D eigenvalue weighted by Gasteiger charge is 2.15. The number of aryl methyl sites for hydroxylation is 1. The maximum absolute atomic E-state index is 11.4. The first kappa shape index (κ1) is 24.1. The zero-order valence-corrected chi connectivity index (χ0v) is 18.0. The number of methoxy groups -OCH3 is 1. The second-order valence-electron chi connectivity index (χ2n) is 7.36. The van der Waals surface area contributed by atoms with Gasteiger partial charge >= 0.3 is 5.97 Å². The van der Waals surface area contributed by atoms with Gasteiger partial charge in [-0.05, 0) is 38.2 Å². The predicted octanol–water partition coefficient (Wildman–Crippen LogP) is 6.74. The van der Waals surface area contributed by atoms with Crippen molar-refractivity contribution in [3.05, 3.63) is 29.8 Å². The number of hydrogen-bond acceptors (Lipinski definition) is 4. The van der Waals surface area contributed by atoms with E-state index in [2.05, 4.69) is 19.1 Å². The van der Waals surface area contributed by atoms with E-state index in [0.29, 0.717) is 11.5 Å². The molecule has 1 aromatic carbocycles. The van der Waals surface area contributed by atoms with Gasteiger partial charge in [0.2, 0.25) is 0 Å². The normalized spacial score (nSPS) is 11.1. The molecule has 0 spiro atoms. The van der Waals surface area contributed by atoms with Crippen LogP contribution in [0, 0.1) is 0 Å². The molecule has 1 aromatic rings. The Hall–Kier alpha value is -1.97. The Labute approximate surface area is 170 Å². The standard InChI is InChI=1S/C24H38O4/c1-4-5-6-7-8-9-10-11-12-13-14-15-16-17-21-18-22(26)19-23(27-3)24(21)28-20(2)25/h7-8,18-19,26H,4-6,9-17H2,1-3H3/b8-7-. The molecule has 0 unspecified atom stereocenters. The van der Waals surface area contributed by atoms with Gasteiger partial charge < -0.3 is 14.6 Å². The first-order valence-electron chi connectivity index (χ1n) is 10.8. The third kappa shape index (κ3) is 10.4. The van der Waals surface area contributed by atoms with Gasteiger partial charge in [-0.3, -0.25) is 4.79 Å². The Morgan fingerprint density at radius 1 is 0.964 bits per heavy atom. The van der Waals surface area contributed by atoms with E-state index in [4.69, 9.17) is 9.47 Å². The fraction of sp³-hybridized carbons (Fsp3) is 0.625. The Morgan fingerprint density at radius 3 is 2.18 bits per heavy atom. The number of ether oxygens (including phenoxy) is 2. The largest absolute Gasteiger partial charge is 0.508 e. The molecule has 4 heteroatoms. The van der Waals surface area contributed by atoms with Gasteiger partial charge in [0.15, 0.2) is 11.5 Å². The Morgan fingerprint density at radius 2 is 1.57 bits per heavy atom. The van der Waals surface area contributed by atoms with Gasteiger partial charge in [0.25, 0.3) is 0 Å². The lowest BCUT2D eigenvalue weighted by Crippen LogP contribution is -2.06. The minimum absolute atomic E-state index is 0.131. The van der Waals surface area contributed by atoms with E-state index in [-0.39, 0.29) is 11.7 Å². The molecule has 158 valence electrons. The molecule has 0 aliphatic rings. The van der Waals surface area contributed by atoms with Crippen LogP contribution in [0.4, 0.5) is 0 Å². The quantitative estimate of drug-likeness (QED) is 0.156. The smallest absolute Gasteiger partial charge is 0.308 e. The fourth-order valence-corrected chi connectivity index (χ4v) is 3.26. The summed E-state index contributed by atoms with van der Waals surface area (Å²) in [6.07, 6.45) is 18.9. The van der Waals surface area contributed by atoms with E-state index in [0.717, 1.165) is 24.8 Å². The molecule has 0 amide bonds. The highest BCUT2D eigenvalue weighted by atomic mass is 16.6. The van der Waals surface area contributed by atoms with Crippen molar-refractivity contribution >= 4 is 5.97 Å². The Balaban J connectivity index is 2.23. The van der Waals surface area contributed by atoms with Crippen LogP contribution in [0.2, 0.25) is 0 Å². The number of carbonyl (C=O) groups is 1. The van der Waals surface area contributed by atoms with Gasteiger partial charge in [-0.25, -0.2) is 0 Å². The summed E-state index contributed by atoms with van der Waals surface area (Å²) in [4.78, 5) is 11.4. The van der Waals surface area contributed by atoms with Crippen molar-refractivity contribution in [1.82, 2.24) is 0 Å². The molecular weight excluding hydrogens is 352 g/mol. The van der Waals surface area contributed by atoms with Crippen LogP contribution < -0.4 is 9.47 Å². The number of allylic oxidation sites excluding steroid dienone is 2. The average molecular weight is 391 g/mol. The lowest BCUT2D eigenvalue weighted by Gasteiger charge is -2.14. The highest BCUT2D eigenvalue weighted by molar-refractivity contribution is 5.71. The summed E-state index contributed by atoms with van der Waals surface area (Å²) >= 11 is 0. The minimum Gasteiger partial charge on any atom is -0.508 e. The summed E-state index contributed by atoms with van der Waals surface area (Å²) in [5.41, 5.74) is 0.821. The van der Waals surface area contributed by atoms with E-state index in [1.54, 1.807) is 6.07 Å². The number of aromatic hydroxyl groups is 1. The average Bonchev–Trinajstić information content (AvgIpc) is 2.66. The van der Waals surface area contributed by atoms with Crippen molar-refractivity contribution < 1.29 is 19.4 Å². The third-order valence-corrected chi connectivity index (χ3v) is 4.79. The number of unbranched alkanes of at least 4 members (excludes halogenated alkanes) is 9. The van der Waals surface area contributed by atoms with Crippen molar-refractivity contribution in [2.75, 3.05) is 7.11 Å². The lowest BCUT2D eigenvalue weighted by atomic mass is 10.0. The third-order valence-electron chi connectivity index (χ3n) is 4.79. The van der Waals surface area contributed by atoms with Crippen LogP contribution in [0.5, 0.6) is 17.2 Å². The highest BCUT2D eigenvalue weighted by Crippen LogP contribution is 2.36. The molecule has 0 aromatic heterocycles. The van der Waals surface area contributed by atoms with E-state index in [9.17, 15) is 9.90 Å². The first-order chi connectivity index (χ1) is 13.6. The summed E-state index contributed by atoms with van der Waals surface area (Å²) in [6.45, 7) is 3.60. The molecule has 1 rings (SSSR count). The first-order valence-corrected chi connectivity index (χ1v) is 10.8. The van der Waals surface area contributed by atoms with E-state index >= 15 is 0 Å². The monoisotopic (exact) mass is 390 g/mol. The number of hydrogen-bond donors (Lipinski definition) is 1. The second-order valence-corrected chi connectivity index (χ2v) is 7.36. The van der Waals surface area contributed by atoms with Crippen LogP contribution in [0.25, 0.3) is 0 Å². The van der Waals surface area contributed by atoms with Crippen LogP contribution in [0.3, 0.4) is 0 Å². The van der Waals surface area contributed by atoms with E-state index in [1.807, 2.05) is 0 Å². The van der Waals surface area contributed by atoms with Gasteiger partial charge in [0, 0.05) is 18.6 Å². The zero-order chi connectivity index (χ0) is 20.6. The molecule has 0 aliphatic carbocycles. The number of benzene rings is 1. The van der Waals surface area contributed by atoms with Crippen molar-refractivity contribution in [2.24, 2.45) is 0 Å². The van der Waals surface area contributed by atoms with Crippen molar-refractivity contribution in [2.45, 2.75) is 90.9 Å². The number of carbonyl (C=O) groups excluding carboxylic acids is 1.